The van der Waals surface area contributed by atoms with E-state index < -0.39 is 7.92 Å². The summed E-state index contributed by atoms with van der Waals surface area (Å²) < 4.78 is 5.93. The minimum atomic E-state index is -1.62. The number of nitrogens with zero attached hydrogens (tertiary/aromatic N) is 2. The van der Waals surface area contributed by atoms with Crippen molar-refractivity contribution in [2.45, 2.75) is 234 Å². The van der Waals surface area contributed by atoms with E-state index in [1.54, 1.807) is 7.11 Å². The molecule has 5 nitrogen and oxygen atoms in total. The fraction of sp³-hybridized carbons (Fsp3) is 0.432. The van der Waals surface area contributed by atoms with Crippen molar-refractivity contribution in [1.29, 1.82) is 0 Å². The monoisotopic (exact) mass is 1360 g/mol. The van der Waals surface area contributed by atoms with Gasteiger partial charge in [-0.05, 0) is 260 Å². The van der Waals surface area contributed by atoms with Crippen molar-refractivity contribution in [3.05, 3.63) is 232 Å². The maximum absolute atomic E-state index is 16.9. The molecule has 530 valence electrons. The number of carbonyl (C=O) groups is 1. The van der Waals surface area contributed by atoms with Gasteiger partial charge in [-0.3, -0.25) is 14.7 Å². The fourth-order valence-corrected chi connectivity index (χ4v) is 17.5. The molecule has 0 aliphatic carbocycles. The summed E-state index contributed by atoms with van der Waals surface area (Å²) in [5.41, 5.74) is 21.3. The molecule has 0 saturated carbocycles. The SMILES string of the molecule is C=CC1CN2CCC1C[C@@H]2C(NC(=O)c1ccccc1P(c1cc(-c2cc(C(C)(C)C)cc(C(C)(C)C)c2)cc(-c2cc(C(C)(C)C)cc(C(C)(C)C)c2)c1)c1cc(-c2cc(C(C)(C)C)cc(C(C)(C)C)c2)cc(-c2cc(C(C)(C)C)cc(C(C)(C)C)c2)c1)c1ccnc2ccc(OC)cc12. The standard InChI is InChI=1S/C95H118N3O2P/c1-27-59-58-98-37-35-60(59)52-84(98)86(80-34-36-96-83-33-32-77(100-26)57-82(80)83)97-87(99)81-30-28-29-31-85(81)101(78-48-61(65-40-69(88(2,3)4)53-70(41-65)89(5,6)7)38-62(49-78)66-42-71(90(8,9)10)54-72(43-66)91(11,12)13)79-50-63(67-44-73(92(14,15)16)55-74(45-67)93(17,18)19)39-64(51-79)68-46-75(94(20,21)22)56-76(47-68)95(23,24)25/h27-34,36,38-51,53-57,59-60,84,86H,1,35,37,52,58H2,2-26H3,(H,97,99)/t59?,60?,84-,86?/m1/s1. The first-order valence-corrected chi connectivity index (χ1v) is 38.6. The van der Waals surface area contributed by atoms with E-state index in [2.05, 4.69) is 335 Å². The largest absolute Gasteiger partial charge is 0.497 e. The third-order valence-electron chi connectivity index (χ3n) is 21.9. The second-order valence-corrected chi connectivity index (χ2v) is 40.3. The van der Waals surface area contributed by atoms with Gasteiger partial charge < -0.3 is 10.1 Å². The number of hydrogen-bond acceptors (Lipinski definition) is 4. The molecule has 3 saturated heterocycles. The summed E-state index contributed by atoms with van der Waals surface area (Å²) in [4.78, 5) is 24.4. The van der Waals surface area contributed by atoms with Gasteiger partial charge in [0.1, 0.15) is 5.75 Å². The van der Waals surface area contributed by atoms with Crippen LogP contribution in [-0.2, 0) is 43.3 Å². The van der Waals surface area contributed by atoms with Gasteiger partial charge in [-0.15, -0.1) is 6.58 Å². The van der Waals surface area contributed by atoms with Crippen LogP contribution in [0.1, 0.15) is 245 Å². The number of aromatic nitrogens is 1. The Morgan fingerprint density at radius 2 is 0.851 bits per heavy atom. The number of methoxy groups -OCH3 is 1. The Balaban J connectivity index is 1.28. The maximum Gasteiger partial charge on any atom is 0.252 e. The second-order valence-electron chi connectivity index (χ2n) is 38.1. The molecule has 101 heavy (non-hydrogen) atoms. The van der Waals surface area contributed by atoms with E-state index in [9.17, 15) is 0 Å². The topological polar surface area (TPSA) is 54.5 Å². The predicted octanol–water partition coefficient (Wildman–Crippen LogP) is 23.4. The number of pyridine rings is 1. The van der Waals surface area contributed by atoms with Gasteiger partial charge in [0.25, 0.3) is 5.91 Å². The lowest BCUT2D eigenvalue weighted by Gasteiger charge is -2.51. The molecule has 0 spiro atoms. The average molecular weight is 1360 g/mol. The molecule has 2 bridgehead atoms. The Hall–Kier alpha value is -7.43. The van der Waals surface area contributed by atoms with Gasteiger partial charge in [-0.1, -0.05) is 263 Å². The zero-order chi connectivity index (χ0) is 73.6. The molecular weight excluding hydrogens is 1250 g/mol. The van der Waals surface area contributed by atoms with E-state index in [1.165, 1.54) is 77.4 Å². The third-order valence-corrected chi connectivity index (χ3v) is 24.3. The van der Waals surface area contributed by atoms with Crippen molar-refractivity contribution >= 4 is 40.6 Å². The molecule has 3 fully saturated rings. The van der Waals surface area contributed by atoms with Crippen LogP contribution in [0.25, 0.3) is 55.4 Å². The van der Waals surface area contributed by atoms with Crippen LogP contribution in [-0.4, -0.2) is 42.0 Å². The molecule has 4 unspecified atom stereocenters. The van der Waals surface area contributed by atoms with Gasteiger partial charge in [0.05, 0.1) is 18.7 Å². The number of benzene rings is 8. The number of hydrogen-bond donors (Lipinski definition) is 1. The van der Waals surface area contributed by atoms with Gasteiger partial charge in [0, 0.05) is 29.7 Å². The highest BCUT2D eigenvalue weighted by molar-refractivity contribution is 7.80. The van der Waals surface area contributed by atoms with Crippen molar-refractivity contribution in [1.82, 2.24) is 15.2 Å². The van der Waals surface area contributed by atoms with Gasteiger partial charge in [-0.25, -0.2) is 0 Å². The number of fused-ring (bicyclic) bond motifs is 4. The molecule has 0 radical (unpaired) electrons. The van der Waals surface area contributed by atoms with Crippen LogP contribution in [0.4, 0.5) is 0 Å². The van der Waals surface area contributed by atoms with Gasteiger partial charge >= 0.3 is 0 Å². The third kappa shape index (κ3) is 16.3. The highest BCUT2D eigenvalue weighted by Crippen LogP contribution is 2.47. The lowest BCUT2D eigenvalue weighted by molar-refractivity contribution is 0.00171. The fourth-order valence-electron chi connectivity index (χ4n) is 14.9. The number of amides is 1. The molecule has 6 heteroatoms. The zero-order valence-corrected chi connectivity index (χ0v) is 67.1. The smallest absolute Gasteiger partial charge is 0.252 e. The highest BCUT2D eigenvalue weighted by atomic mass is 31.1. The number of piperidine rings is 3. The van der Waals surface area contributed by atoms with E-state index >= 15 is 4.79 Å². The quantitative estimate of drug-likeness (QED) is 0.0923. The second kappa shape index (κ2) is 27.3. The van der Waals surface area contributed by atoms with Crippen LogP contribution in [0.5, 0.6) is 5.75 Å². The van der Waals surface area contributed by atoms with E-state index in [1.807, 2.05) is 18.3 Å². The summed E-state index contributed by atoms with van der Waals surface area (Å²) >= 11 is 0. The Morgan fingerprint density at radius 1 is 0.485 bits per heavy atom. The summed E-state index contributed by atoms with van der Waals surface area (Å²) in [5, 5.41) is 8.23. The van der Waals surface area contributed by atoms with Crippen molar-refractivity contribution in [3.63, 3.8) is 0 Å². The number of rotatable bonds is 13. The molecule has 3 aliphatic rings. The Kier molecular flexibility index (Phi) is 20.2. The van der Waals surface area contributed by atoms with E-state index in [-0.39, 0.29) is 61.3 Å². The molecule has 4 heterocycles. The number of carbonyl (C=O) groups excluding carboxylic acids is 1. The molecule has 5 atom stereocenters. The first-order valence-electron chi connectivity index (χ1n) is 37.3. The Bertz CT molecular complexity index is 4090. The van der Waals surface area contributed by atoms with E-state index in [0.29, 0.717) is 17.4 Å². The zero-order valence-electron chi connectivity index (χ0n) is 66.2. The van der Waals surface area contributed by atoms with Crippen molar-refractivity contribution < 1.29 is 9.53 Å². The highest BCUT2D eigenvalue weighted by Gasteiger charge is 2.44. The minimum Gasteiger partial charge on any atom is -0.497 e. The average Bonchev–Trinajstić information content (AvgIpc) is 0.756. The molecule has 3 aliphatic heterocycles. The van der Waals surface area contributed by atoms with E-state index in [4.69, 9.17) is 9.72 Å². The summed E-state index contributed by atoms with van der Waals surface area (Å²) in [7, 11) is 0.105. The van der Waals surface area contributed by atoms with Gasteiger partial charge in [0.2, 0.25) is 0 Å². The number of nitrogens with one attached hydrogen (secondary N) is 1. The van der Waals surface area contributed by atoms with Gasteiger partial charge in [0.15, 0.2) is 0 Å². The molecule has 1 aromatic heterocycles. The molecule has 9 aromatic rings. The lowest BCUT2D eigenvalue weighted by Crippen LogP contribution is -2.57. The maximum atomic E-state index is 16.9. The molecule has 8 aromatic carbocycles. The van der Waals surface area contributed by atoms with E-state index in [0.717, 1.165) is 75.7 Å². The molecule has 1 N–H and O–H groups in total. The van der Waals surface area contributed by atoms with Crippen LogP contribution >= 0.6 is 7.92 Å². The van der Waals surface area contributed by atoms with Crippen LogP contribution in [0.2, 0.25) is 0 Å². The van der Waals surface area contributed by atoms with Crippen molar-refractivity contribution in [3.8, 4) is 50.3 Å². The van der Waals surface area contributed by atoms with Gasteiger partial charge in [-0.2, -0.15) is 0 Å². The van der Waals surface area contributed by atoms with Crippen molar-refractivity contribution in [2.75, 3.05) is 20.2 Å². The van der Waals surface area contributed by atoms with Crippen molar-refractivity contribution in [2.24, 2.45) is 11.8 Å². The first-order chi connectivity index (χ1) is 46.8. The first kappa shape index (κ1) is 74.7. The Labute approximate surface area is 610 Å². The summed E-state index contributed by atoms with van der Waals surface area (Å²) in [6.07, 6.45) is 6.13. The van der Waals surface area contributed by atoms with Crippen LogP contribution in [0.3, 0.4) is 0 Å². The summed E-state index contributed by atoms with van der Waals surface area (Å²) in [5.74, 6) is 1.52. The minimum absolute atomic E-state index is 0.0326. The van der Waals surface area contributed by atoms with Crippen LogP contribution < -0.4 is 26.0 Å². The van der Waals surface area contributed by atoms with Crippen LogP contribution in [0, 0.1) is 11.8 Å². The number of ether oxygens (including phenoxy) is 1. The summed E-state index contributed by atoms with van der Waals surface area (Å²) in [6.45, 7) is 62.4. The lowest BCUT2D eigenvalue weighted by atomic mass is 9.73. The summed E-state index contributed by atoms with van der Waals surface area (Å²) in [6, 6.07) is 61.0. The normalized spacial score (nSPS) is 17.5. The Morgan fingerprint density at radius 3 is 1.19 bits per heavy atom. The molecular formula is C95H118N3O2P. The van der Waals surface area contributed by atoms with Crippen LogP contribution in [0.15, 0.2) is 177 Å². The predicted molar refractivity (Wildman–Crippen MR) is 437 cm³/mol. The molecule has 12 rings (SSSR count). The molecule has 1 amide bonds.